The molecule has 0 N–H and O–H groups in total. The maximum Gasteiger partial charge on any atom is 0.269 e. The van der Waals surface area contributed by atoms with E-state index in [2.05, 4.69) is 4.98 Å². The Morgan fingerprint density at radius 1 is 1.00 bits per heavy atom. The molecule has 0 saturated carbocycles. The van der Waals surface area contributed by atoms with Crippen LogP contribution < -0.4 is 9.64 Å². The predicted octanol–water partition coefficient (Wildman–Crippen LogP) is 4.70. The molecular formula is C23H24N2O2. The van der Waals surface area contributed by atoms with Crippen LogP contribution in [0.1, 0.15) is 23.6 Å². The molecule has 1 aromatic heterocycles. The van der Waals surface area contributed by atoms with Crippen molar-refractivity contribution in [2.45, 2.75) is 33.4 Å². The number of benzene rings is 2. The molecule has 0 spiro atoms. The van der Waals surface area contributed by atoms with Gasteiger partial charge in [0.15, 0.2) is 6.10 Å². The fourth-order valence-corrected chi connectivity index (χ4v) is 2.86. The highest BCUT2D eigenvalue weighted by Crippen LogP contribution is 2.23. The highest BCUT2D eigenvalue weighted by molar-refractivity contribution is 5.95. The van der Waals surface area contributed by atoms with E-state index in [9.17, 15) is 4.79 Å². The number of aryl methyl sites for hydroxylation is 1. The van der Waals surface area contributed by atoms with Crippen LogP contribution in [0, 0.1) is 13.8 Å². The van der Waals surface area contributed by atoms with E-state index in [1.54, 1.807) is 18.0 Å². The molecule has 27 heavy (non-hydrogen) atoms. The lowest BCUT2D eigenvalue weighted by atomic mass is 10.1. The van der Waals surface area contributed by atoms with E-state index in [4.69, 9.17) is 4.74 Å². The molecule has 0 saturated heterocycles. The molecule has 1 unspecified atom stereocenters. The van der Waals surface area contributed by atoms with Crippen molar-refractivity contribution in [1.29, 1.82) is 0 Å². The number of carbonyl (C=O) groups excluding carboxylic acids is 1. The second-order valence-corrected chi connectivity index (χ2v) is 6.56. The summed E-state index contributed by atoms with van der Waals surface area (Å²) in [6, 6.07) is 21.3. The normalized spacial score (nSPS) is 11.7. The number of nitrogens with zero attached hydrogens (tertiary/aromatic N) is 2. The van der Waals surface area contributed by atoms with Crippen molar-refractivity contribution < 1.29 is 9.53 Å². The van der Waals surface area contributed by atoms with Gasteiger partial charge in [0.2, 0.25) is 0 Å². The fourth-order valence-electron chi connectivity index (χ4n) is 2.86. The standard InChI is InChI=1S/C23H24N2O2/c1-17-10-9-13-21(18(17)2)27-19(3)23(26)25(22-14-7-8-15-24-22)16-20-11-5-4-6-12-20/h4-15,19H,16H2,1-3H3. The summed E-state index contributed by atoms with van der Waals surface area (Å²) in [4.78, 5) is 19.2. The monoisotopic (exact) mass is 360 g/mol. The summed E-state index contributed by atoms with van der Waals surface area (Å²) in [6.45, 7) is 6.26. The Kier molecular flexibility index (Phi) is 5.87. The Morgan fingerprint density at radius 2 is 1.74 bits per heavy atom. The molecule has 0 fully saturated rings. The first-order valence-corrected chi connectivity index (χ1v) is 9.05. The number of carbonyl (C=O) groups is 1. The molecule has 0 aliphatic heterocycles. The zero-order valence-corrected chi connectivity index (χ0v) is 15.9. The van der Waals surface area contributed by atoms with Crippen LogP contribution in [0.25, 0.3) is 0 Å². The van der Waals surface area contributed by atoms with Crippen LogP contribution in [0.4, 0.5) is 5.82 Å². The van der Waals surface area contributed by atoms with Gasteiger partial charge in [0.25, 0.3) is 5.91 Å². The molecule has 3 aromatic rings. The van der Waals surface area contributed by atoms with E-state index in [0.717, 1.165) is 22.4 Å². The van der Waals surface area contributed by atoms with E-state index in [0.29, 0.717) is 12.4 Å². The van der Waals surface area contributed by atoms with Crippen molar-refractivity contribution in [3.8, 4) is 5.75 Å². The van der Waals surface area contributed by atoms with Crippen molar-refractivity contribution in [3.63, 3.8) is 0 Å². The van der Waals surface area contributed by atoms with Crippen LogP contribution in [0.3, 0.4) is 0 Å². The van der Waals surface area contributed by atoms with Crippen molar-refractivity contribution >= 4 is 11.7 Å². The van der Waals surface area contributed by atoms with Gasteiger partial charge in [-0.15, -0.1) is 0 Å². The van der Waals surface area contributed by atoms with Gasteiger partial charge in [-0.25, -0.2) is 4.98 Å². The molecular weight excluding hydrogens is 336 g/mol. The maximum atomic E-state index is 13.2. The number of hydrogen-bond donors (Lipinski definition) is 0. The smallest absolute Gasteiger partial charge is 0.269 e. The third kappa shape index (κ3) is 4.53. The van der Waals surface area contributed by atoms with Crippen LogP contribution in [-0.4, -0.2) is 17.0 Å². The quantitative estimate of drug-likeness (QED) is 0.640. The molecule has 1 atom stereocenters. The summed E-state index contributed by atoms with van der Waals surface area (Å²) < 4.78 is 6.01. The second kappa shape index (κ2) is 8.49. The lowest BCUT2D eigenvalue weighted by Crippen LogP contribution is -2.40. The maximum absolute atomic E-state index is 13.2. The highest BCUT2D eigenvalue weighted by Gasteiger charge is 2.25. The third-order valence-corrected chi connectivity index (χ3v) is 4.58. The van der Waals surface area contributed by atoms with Gasteiger partial charge < -0.3 is 4.74 Å². The van der Waals surface area contributed by atoms with Crippen LogP contribution >= 0.6 is 0 Å². The number of aromatic nitrogens is 1. The Hall–Kier alpha value is -3.14. The fraction of sp³-hybridized carbons (Fsp3) is 0.217. The third-order valence-electron chi connectivity index (χ3n) is 4.58. The van der Waals surface area contributed by atoms with E-state index in [1.165, 1.54) is 0 Å². The number of rotatable bonds is 6. The molecule has 0 aliphatic carbocycles. The van der Waals surface area contributed by atoms with E-state index >= 15 is 0 Å². The Morgan fingerprint density at radius 3 is 2.44 bits per heavy atom. The highest BCUT2D eigenvalue weighted by atomic mass is 16.5. The molecule has 4 nitrogen and oxygen atoms in total. The van der Waals surface area contributed by atoms with Gasteiger partial charge in [-0.1, -0.05) is 48.5 Å². The zero-order valence-electron chi connectivity index (χ0n) is 15.9. The zero-order chi connectivity index (χ0) is 19.2. The summed E-state index contributed by atoms with van der Waals surface area (Å²) in [6.07, 6.45) is 1.06. The number of ether oxygens (including phenoxy) is 1. The average molecular weight is 360 g/mol. The van der Waals surface area contributed by atoms with Gasteiger partial charge in [-0.05, 0) is 55.7 Å². The number of amides is 1. The molecule has 0 bridgehead atoms. The van der Waals surface area contributed by atoms with Gasteiger partial charge in [-0.2, -0.15) is 0 Å². The molecule has 0 aliphatic rings. The van der Waals surface area contributed by atoms with E-state index in [-0.39, 0.29) is 5.91 Å². The molecule has 1 heterocycles. The number of hydrogen-bond acceptors (Lipinski definition) is 3. The summed E-state index contributed by atoms with van der Waals surface area (Å²) in [5.74, 6) is 1.22. The predicted molar refractivity (Wildman–Crippen MR) is 108 cm³/mol. The van der Waals surface area contributed by atoms with Gasteiger partial charge >= 0.3 is 0 Å². The van der Waals surface area contributed by atoms with Crippen LogP contribution in [-0.2, 0) is 11.3 Å². The number of anilines is 1. The number of pyridine rings is 1. The van der Waals surface area contributed by atoms with E-state index < -0.39 is 6.10 Å². The first-order chi connectivity index (χ1) is 13.1. The molecule has 2 aromatic carbocycles. The van der Waals surface area contributed by atoms with Crippen molar-refractivity contribution in [1.82, 2.24) is 4.98 Å². The van der Waals surface area contributed by atoms with E-state index in [1.807, 2.05) is 80.6 Å². The van der Waals surface area contributed by atoms with Crippen molar-refractivity contribution in [2.24, 2.45) is 0 Å². The van der Waals surface area contributed by atoms with Gasteiger partial charge in [0.05, 0.1) is 6.54 Å². The Bertz CT molecular complexity index is 895. The first-order valence-electron chi connectivity index (χ1n) is 9.05. The second-order valence-electron chi connectivity index (χ2n) is 6.56. The largest absolute Gasteiger partial charge is 0.481 e. The minimum absolute atomic E-state index is 0.126. The van der Waals surface area contributed by atoms with Gasteiger partial charge in [-0.3, -0.25) is 9.69 Å². The van der Waals surface area contributed by atoms with Crippen LogP contribution in [0.5, 0.6) is 5.75 Å². The summed E-state index contributed by atoms with van der Waals surface area (Å²) >= 11 is 0. The lowest BCUT2D eigenvalue weighted by molar-refractivity contribution is -0.124. The summed E-state index contributed by atoms with van der Waals surface area (Å²) in [5.41, 5.74) is 3.22. The minimum Gasteiger partial charge on any atom is -0.481 e. The minimum atomic E-state index is -0.629. The van der Waals surface area contributed by atoms with Crippen LogP contribution in [0.2, 0.25) is 0 Å². The molecule has 3 rings (SSSR count). The van der Waals surface area contributed by atoms with Gasteiger partial charge in [0.1, 0.15) is 11.6 Å². The average Bonchev–Trinajstić information content (AvgIpc) is 2.70. The molecule has 138 valence electrons. The van der Waals surface area contributed by atoms with Crippen molar-refractivity contribution in [2.75, 3.05) is 4.90 Å². The van der Waals surface area contributed by atoms with Crippen molar-refractivity contribution in [3.05, 3.63) is 89.6 Å². The summed E-state index contributed by atoms with van der Waals surface area (Å²) in [5, 5.41) is 0. The lowest BCUT2D eigenvalue weighted by Gasteiger charge is -2.26. The molecule has 4 heteroatoms. The Labute approximate surface area is 160 Å². The van der Waals surface area contributed by atoms with Crippen LogP contribution in [0.15, 0.2) is 72.9 Å². The topological polar surface area (TPSA) is 42.4 Å². The molecule has 0 radical (unpaired) electrons. The SMILES string of the molecule is Cc1cccc(OC(C)C(=O)N(Cc2ccccc2)c2ccccn2)c1C. The Balaban J connectivity index is 1.84. The summed E-state index contributed by atoms with van der Waals surface area (Å²) in [7, 11) is 0. The first kappa shape index (κ1) is 18.6. The van der Waals surface area contributed by atoms with Gasteiger partial charge in [0, 0.05) is 6.20 Å². The molecule has 1 amide bonds.